The van der Waals surface area contributed by atoms with Crippen LogP contribution in [0.15, 0.2) is 16.7 Å². The summed E-state index contributed by atoms with van der Waals surface area (Å²) in [6.07, 6.45) is 1.54. The Kier molecular flexibility index (Phi) is 3.94. The fourth-order valence-corrected chi connectivity index (χ4v) is 1.90. The summed E-state index contributed by atoms with van der Waals surface area (Å²) in [5.41, 5.74) is 7.33. The number of nitrogen functional groups attached to an aromatic ring is 1. The van der Waals surface area contributed by atoms with Crippen LogP contribution in [0.25, 0.3) is 0 Å². The fraction of sp³-hybridized carbons (Fsp3) is 0.250. The third-order valence-electron chi connectivity index (χ3n) is 2.56. The average Bonchev–Trinajstić information content (AvgIpc) is 2.33. The van der Waals surface area contributed by atoms with Gasteiger partial charge in [0.15, 0.2) is 5.82 Å². The first-order valence-electron chi connectivity index (χ1n) is 5.62. The highest BCUT2D eigenvalue weighted by Gasteiger charge is 2.09. The normalized spacial score (nSPS) is 10.5. The summed E-state index contributed by atoms with van der Waals surface area (Å²) in [4.78, 5) is 12.3. The van der Waals surface area contributed by atoms with Crippen molar-refractivity contribution in [2.75, 3.05) is 11.1 Å². The highest BCUT2D eigenvalue weighted by atomic mass is 79.9. The van der Waals surface area contributed by atoms with E-state index in [4.69, 9.17) is 5.73 Å². The molecule has 2 heterocycles. The zero-order chi connectivity index (χ0) is 14.0. The first-order valence-corrected chi connectivity index (χ1v) is 6.41. The summed E-state index contributed by atoms with van der Waals surface area (Å²) in [6, 6.07) is 1.36. The fourth-order valence-electron chi connectivity index (χ4n) is 1.60. The van der Waals surface area contributed by atoms with E-state index in [0.29, 0.717) is 33.2 Å². The van der Waals surface area contributed by atoms with Crippen LogP contribution in [0.1, 0.15) is 17.2 Å². The highest BCUT2D eigenvalue weighted by molar-refractivity contribution is 9.10. The van der Waals surface area contributed by atoms with Gasteiger partial charge in [0, 0.05) is 10.7 Å². The molecule has 7 heteroatoms. The average molecular weight is 326 g/mol. The van der Waals surface area contributed by atoms with E-state index in [2.05, 4.69) is 36.2 Å². The topological polar surface area (TPSA) is 76.7 Å². The minimum absolute atomic E-state index is 0.208. The molecule has 0 amide bonds. The summed E-state index contributed by atoms with van der Waals surface area (Å²) in [7, 11) is 0. The van der Waals surface area contributed by atoms with Crippen LogP contribution in [0.4, 0.5) is 15.9 Å². The second kappa shape index (κ2) is 5.48. The maximum atomic E-state index is 13.6. The molecular weight excluding hydrogens is 313 g/mol. The Morgan fingerprint density at radius 2 is 2.11 bits per heavy atom. The number of rotatable bonds is 3. The third-order valence-corrected chi connectivity index (χ3v) is 2.99. The maximum Gasteiger partial charge on any atom is 0.153 e. The summed E-state index contributed by atoms with van der Waals surface area (Å²) in [6.45, 7) is 3.78. The van der Waals surface area contributed by atoms with E-state index < -0.39 is 0 Å². The Labute approximate surface area is 118 Å². The Bertz CT molecular complexity index is 617. The van der Waals surface area contributed by atoms with Crippen LogP contribution in [0, 0.1) is 19.7 Å². The molecule has 0 bridgehead atoms. The second-order valence-corrected chi connectivity index (χ2v) is 4.97. The number of nitrogens with one attached hydrogen (secondary N) is 1. The molecule has 0 aliphatic carbocycles. The Morgan fingerprint density at radius 3 is 2.79 bits per heavy atom. The molecule has 0 aliphatic heterocycles. The standard InChI is InChI=1S/C12H13BrFN5/c1-6-11(15)12(19-7(2)18-6)17-5-10-9(14)3-8(13)4-16-10/h3-4H,5,15H2,1-2H3,(H,17,18,19). The van der Waals surface area contributed by atoms with E-state index in [0.717, 1.165) is 0 Å². The minimum Gasteiger partial charge on any atom is -0.394 e. The monoisotopic (exact) mass is 325 g/mol. The Balaban J connectivity index is 2.19. The number of hydrogen-bond acceptors (Lipinski definition) is 5. The quantitative estimate of drug-likeness (QED) is 0.907. The van der Waals surface area contributed by atoms with E-state index in [1.54, 1.807) is 20.0 Å². The molecule has 0 saturated carbocycles. The molecule has 0 unspecified atom stereocenters. The van der Waals surface area contributed by atoms with E-state index >= 15 is 0 Å². The minimum atomic E-state index is -0.386. The summed E-state index contributed by atoms with van der Waals surface area (Å²) >= 11 is 3.16. The zero-order valence-electron chi connectivity index (χ0n) is 10.5. The summed E-state index contributed by atoms with van der Waals surface area (Å²) in [5.74, 6) is 0.718. The molecule has 0 fully saturated rings. The lowest BCUT2D eigenvalue weighted by Gasteiger charge is -2.10. The van der Waals surface area contributed by atoms with Crippen LogP contribution >= 0.6 is 15.9 Å². The zero-order valence-corrected chi connectivity index (χ0v) is 12.1. The van der Waals surface area contributed by atoms with Crippen molar-refractivity contribution in [1.29, 1.82) is 0 Å². The van der Waals surface area contributed by atoms with Crippen LogP contribution in [0.2, 0.25) is 0 Å². The molecule has 0 atom stereocenters. The molecule has 5 nitrogen and oxygen atoms in total. The number of aromatic nitrogens is 3. The van der Waals surface area contributed by atoms with Crippen LogP contribution in [-0.4, -0.2) is 15.0 Å². The molecule has 0 spiro atoms. The first kappa shape index (κ1) is 13.7. The van der Waals surface area contributed by atoms with E-state index in [9.17, 15) is 4.39 Å². The van der Waals surface area contributed by atoms with Crippen molar-refractivity contribution >= 4 is 27.4 Å². The molecule has 100 valence electrons. The van der Waals surface area contributed by atoms with E-state index in [-0.39, 0.29) is 12.4 Å². The van der Waals surface area contributed by atoms with Gasteiger partial charge in [-0.05, 0) is 35.8 Å². The van der Waals surface area contributed by atoms with Crippen molar-refractivity contribution < 1.29 is 4.39 Å². The molecular formula is C12H13BrFN5. The van der Waals surface area contributed by atoms with Crippen molar-refractivity contribution in [3.63, 3.8) is 0 Å². The van der Waals surface area contributed by atoms with Crippen molar-refractivity contribution in [2.45, 2.75) is 20.4 Å². The molecule has 0 radical (unpaired) electrons. The lowest BCUT2D eigenvalue weighted by atomic mass is 10.3. The van der Waals surface area contributed by atoms with Gasteiger partial charge < -0.3 is 11.1 Å². The molecule has 3 N–H and O–H groups in total. The van der Waals surface area contributed by atoms with Crippen LogP contribution in [-0.2, 0) is 6.54 Å². The molecule has 0 aliphatic rings. The molecule has 0 aromatic carbocycles. The van der Waals surface area contributed by atoms with Crippen molar-refractivity contribution in [3.8, 4) is 0 Å². The maximum absolute atomic E-state index is 13.6. The molecule has 19 heavy (non-hydrogen) atoms. The van der Waals surface area contributed by atoms with E-state index in [1.165, 1.54) is 6.07 Å². The van der Waals surface area contributed by atoms with Crippen molar-refractivity contribution in [2.24, 2.45) is 0 Å². The molecule has 2 aromatic heterocycles. The second-order valence-electron chi connectivity index (χ2n) is 4.05. The van der Waals surface area contributed by atoms with Gasteiger partial charge in [-0.3, -0.25) is 4.98 Å². The molecule has 2 rings (SSSR count). The van der Waals surface area contributed by atoms with Gasteiger partial charge in [0.2, 0.25) is 0 Å². The number of pyridine rings is 1. The smallest absolute Gasteiger partial charge is 0.153 e. The van der Waals surface area contributed by atoms with Crippen LogP contribution in [0.5, 0.6) is 0 Å². The highest BCUT2D eigenvalue weighted by Crippen LogP contribution is 2.20. The summed E-state index contributed by atoms with van der Waals surface area (Å²) < 4.78 is 14.2. The lowest BCUT2D eigenvalue weighted by Crippen LogP contribution is -2.10. The number of aryl methyl sites for hydroxylation is 2. The number of nitrogens with zero attached hydrogens (tertiary/aromatic N) is 3. The SMILES string of the molecule is Cc1nc(C)c(N)c(NCc2ncc(Br)cc2F)n1. The van der Waals surface area contributed by atoms with Gasteiger partial charge in [0.25, 0.3) is 0 Å². The predicted molar refractivity (Wildman–Crippen MR) is 75.1 cm³/mol. The van der Waals surface area contributed by atoms with Crippen molar-refractivity contribution in [3.05, 3.63) is 39.8 Å². The van der Waals surface area contributed by atoms with Gasteiger partial charge in [-0.1, -0.05) is 0 Å². The van der Waals surface area contributed by atoms with Gasteiger partial charge >= 0.3 is 0 Å². The van der Waals surface area contributed by atoms with Gasteiger partial charge in [0.05, 0.1) is 23.6 Å². The Morgan fingerprint density at radius 1 is 1.37 bits per heavy atom. The van der Waals surface area contributed by atoms with Gasteiger partial charge in [-0.15, -0.1) is 0 Å². The number of anilines is 2. The largest absolute Gasteiger partial charge is 0.394 e. The third kappa shape index (κ3) is 3.17. The number of halogens is 2. The number of nitrogens with two attached hydrogens (primary N) is 1. The van der Waals surface area contributed by atoms with Crippen LogP contribution < -0.4 is 11.1 Å². The lowest BCUT2D eigenvalue weighted by molar-refractivity contribution is 0.601. The van der Waals surface area contributed by atoms with Gasteiger partial charge in [-0.25, -0.2) is 14.4 Å². The number of hydrogen-bond donors (Lipinski definition) is 2. The molecule has 0 saturated heterocycles. The van der Waals surface area contributed by atoms with Gasteiger partial charge in [-0.2, -0.15) is 0 Å². The molecule has 2 aromatic rings. The van der Waals surface area contributed by atoms with Crippen LogP contribution in [0.3, 0.4) is 0 Å². The van der Waals surface area contributed by atoms with Gasteiger partial charge in [0.1, 0.15) is 11.6 Å². The predicted octanol–water partition coefficient (Wildman–Crippen LogP) is 2.58. The summed E-state index contributed by atoms with van der Waals surface area (Å²) in [5, 5.41) is 2.98. The van der Waals surface area contributed by atoms with Crippen molar-refractivity contribution in [1.82, 2.24) is 15.0 Å². The first-order chi connectivity index (χ1) is 8.97. The Hall–Kier alpha value is -1.76. The van der Waals surface area contributed by atoms with E-state index in [1.807, 2.05) is 0 Å².